The molecule has 1 aliphatic carbocycles. The maximum absolute atomic E-state index is 11.7. The van der Waals surface area contributed by atoms with Crippen molar-refractivity contribution < 1.29 is 24.2 Å². The van der Waals surface area contributed by atoms with Crippen LogP contribution in [0.4, 0.5) is 4.79 Å². The van der Waals surface area contributed by atoms with E-state index in [1.165, 1.54) is 18.1 Å². The normalized spacial score (nSPS) is 16.1. The molecule has 0 radical (unpaired) electrons. The average molecular weight is 243 g/mol. The van der Waals surface area contributed by atoms with Crippen LogP contribution in [-0.4, -0.2) is 54.5 Å². The summed E-state index contributed by atoms with van der Waals surface area (Å²) in [6, 6.07) is -1.05. The molecule has 96 valence electrons. The van der Waals surface area contributed by atoms with Crippen molar-refractivity contribution in [1.82, 2.24) is 4.90 Å². The fraction of sp³-hybridized carbons (Fsp3) is 0.636. The first kappa shape index (κ1) is 13.5. The highest BCUT2D eigenvalue weighted by Crippen LogP contribution is 2.29. The third-order valence-corrected chi connectivity index (χ3v) is 2.42. The number of nitrogens with zero attached hydrogens (tertiary/aromatic N) is 1. The van der Waals surface area contributed by atoms with Gasteiger partial charge in [-0.3, -0.25) is 4.90 Å². The molecule has 1 unspecified atom stereocenters. The Kier molecular flexibility index (Phi) is 4.96. The second-order valence-electron chi connectivity index (χ2n) is 3.81. The number of ether oxygens (including phenoxy) is 2. The number of carboxylic acid groups (broad SMARTS) is 1. The van der Waals surface area contributed by atoms with E-state index in [4.69, 9.17) is 14.6 Å². The molecular weight excluding hydrogens is 226 g/mol. The van der Waals surface area contributed by atoms with E-state index in [2.05, 4.69) is 6.58 Å². The molecular formula is C11H17NO5. The van der Waals surface area contributed by atoms with Gasteiger partial charge >= 0.3 is 12.1 Å². The van der Waals surface area contributed by atoms with Crippen LogP contribution in [0.25, 0.3) is 0 Å². The third kappa shape index (κ3) is 3.74. The molecule has 6 heteroatoms. The fourth-order valence-corrected chi connectivity index (χ4v) is 1.52. The highest BCUT2D eigenvalue weighted by Gasteiger charge is 2.41. The Morgan fingerprint density at radius 3 is 2.65 bits per heavy atom. The molecule has 1 amide bonds. The number of methoxy groups -OCH3 is 1. The predicted molar refractivity (Wildman–Crippen MR) is 59.7 cm³/mol. The number of aliphatic carboxylic acids is 1. The van der Waals surface area contributed by atoms with Gasteiger partial charge < -0.3 is 14.6 Å². The maximum atomic E-state index is 11.7. The summed E-state index contributed by atoms with van der Waals surface area (Å²) >= 11 is 0. The number of rotatable bonds is 7. The lowest BCUT2D eigenvalue weighted by Crippen LogP contribution is -2.49. The van der Waals surface area contributed by atoms with Gasteiger partial charge in [0.15, 0.2) is 6.04 Å². The van der Waals surface area contributed by atoms with Crippen LogP contribution in [-0.2, 0) is 14.3 Å². The lowest BCUT2D eigenvalue weighted by atomic mass is 10.2. The van der Waals surface area contributed by atoms with Crippen LogP contribution in [0.15, 0.2) is 12.7 Å². The number of carbonyl (C=O) groups is 2. The minimum atomic E-state index is -1.09. The monoisotopic (exact) mass is 243 g/mol. The standard InChI is InChI=1S/C11H17NO5/c1-3-6-17-11(15)12(8-4-5-8)9(7-16-2)10(13)14/h3,8-9H,1,4-7H2,2H3,(H,13,14). The number of hydrogen-bond acceptors (Lipinski definition) is 4. The van der Waals surface area contributed by atoms with Crippen LogP contribution in [0.5, 0.6) is 0 Å². The van der Waals surface area contributed by atoms with Gasteiger partial charge in [0.1, 0.15) is 6.61 Å². The highest BCUT2D eigenvalue weighted by molar-refractivity contribution is 5.80. The average Bonchev–Trinajstić information content (AvgIpc) is 3.09. The van der Waals surface area contributed by atoms with Crippen molar-refractivity contribution >= 4 is 12.1 Å². The molecule has 1 aliphatic rings. The van der Waals surface area contributed by atoms with Crippen molar-refractivity contribution in [3.8, 4) is 0 Å². The van der Waals surface area contributed by atoms with Crippen LogP contribution in [0.2, 0.25) is 0 Å². The SMILES string of the molecule is C=CCOC(=O)N(C1CC1)C(COC)C(=O)O. The van der Waals surface area contributed by atoms with E-state index in [9.17, 15) is 9.59 Å². The zero-order valence-electron chi connectivity index (χ0n) is 9.80. The molecule has 1 atom stereocenters. The Morgan fingerprint density at radius 2 is 2.24 bits per heavy atom. The van der Waals surface area contributed by atoms with Crippen LogP contribution in [0.1, 0.15) is 12.8 Å². The van der Waals surface area contributed by atoms with Crippen LogP contribution in [0, 0.1) is 0 Å². The summed E-state index contributed by atoms with van der Waals surface area (Å²) < 4.78 is 9.71. The smallest absolute Gasteiger partial charge is 0.411 e. The van der Waals surface area contributed by atoms with E-state index in [-0.39, 0.29) is 19.3 Å². The molecule has 0 aliphatic heterocycles. The van der Waals surface area contributed by atoms with Crippen molar-refractivity contribution in [1.29, 1.82) is 0 Å². The minimum absolute atomic E-state index is 0.0466. The van der Waals surface area contributed by atoms with Crippen LogP contribution >= 0.6 is 0 Å². The van der Waals surface area contributed by atoms with Gasteiger partial charge in [-0.15, -0.1) is 0 Å². The molecule has 0 spiro atoms. The Labute approximate surface area is 99.8 Å². The Morgan fingerprint density at radius 1 is 1.59 bits per heavy atom. The molecule has 0 heterocycles. The van der Waals surface area contributed by atoms with Gasteiger partial charge in [-0.05, 0) is 12.8 Å². The minimum Gasteiger partial charge on any atom is -0.480 e. The number of carbonyl (C=O) groups excluding carboxylic acids is 1. The highest BCUT2D eigenvalue weighted by atomic mass is 16.6. The zero-order chi connectivity index (χ0) is 12.8. The van der Waals surface area contributed by atoms with E-state index in [1.54, 1.807) is 0 Å². The molecule has 1 rings (SSSR count). The van der Waals surface area contributed by atoms with Crippen LogP contribution in [0.3, 0.4) is 0 Å². The maximum Gasteiger partial charge on any atom is 0.411 e. The molecule has 1 N–H and O–H groups in total. The number of hydrogen-bond donors (Lipinski definition) is 1. The Hall–Kier alpha value is -1.56. The van der Waals surface area contributed by atoms with E-state index in [1.807, 2.05) is 0 Å². The summed E-state index contributed by atoms with van der Waals surface area (Å²) in [7, 11) is 1.40. The third-order valence-electron chi connectivity index (χ3n) is 2.42. The summed E-state index contributed by atoms with van der Waals surface area (Å²) in [6.07, 6.45) is 2.42. The molecule has 0 aromatic carbocycles. The van der Waals surface area contributed by atoms with Crippen molar-refractivity contribution in [3.63, 3.8) is 0 Å². The van der Waals surface area contributed by atoms with E-state index in [0.29, 0.717) is 0 Å². The summed E-state index contributed by atoms with van der Waals surface area (Å²) in [5, 5.41) is 9.08. The van der Waals surface area contributed by atoms with Crippen molar-refractivity contribution in [2.75, 3.05) is 20.3 Å². The fourth-order valence-electron chi connectivity index (χ4n) is 1.52. The molecule has 1 fully saturated rings. The second-order valence-corrected chi connectivity index (χ2v) is 3.81. The quantitative estimate of drug-likeness (QED) is 0.671. The van der Waals surface area contributed by atoms with E-state index >= 15 is 0 Å². The van der Waals surface area contributed by atoms with Gasteiger partial charge in [-0.1, -0.05) is 12.7 Å². The van der Waals surface area contributed by atoms with Crippen molar-refractivity contribution in [2.24, 2.45) is 0 Å². The molecule has 0 aromatic rings. The zero-order valence-corrected chi connectivity index (χ0v) is 9.80. The summed E-state index contributed by atoms with van der Waals surface area (Å²) in [4.78, 5) is 24.1. The van der Waals surface area contributed by atoms with Crippen molar-refractivity contribution in [3.05, 3.63) is 12.7 Å². The Balaban J connectivity index is 2.71. The lowest BCUT2D eigenvalue weighted by molar-refractivity contribution is -0.144. The summed E-state index contributed by atoms with van der Waals surface area (Å²) in [5.41, 5.74) is 0. The largest absolute Gasteiger partial charge is 0.480 e. The topological polar surface area (TPSA) is 76.1 Å². The first-order valence-electron chi connectivity index (χ1n) is 5.39. The summed E-state index contributed by atoms with van der Waals surface area (Å²) in [5.74, 6) is -1.09. The van der Waals surface area contributed by atoms with Crippen LogP contribution < -0.4 is 0 Å². The molecule has 0 aromatic heterocycles. The van der Waals surface area contributed by atoms with Gasteiger partial charge in [-0.25, -0.2) is 9.59 Å². The lowest BCUT2D eigenvalue weighted by Gasteiger charge is -2.27. The van der Waals surface area contributed by atoms with Gasteiger partial charge in [0.05, 0.1) is 6.61 Å². The molecule has 0 bridgehead atoms. The van der Waals surface area contributed by atoms with E-state index in [0.717, 1.165) is 12.8 Å². The van der Waals surface area contributed by atoms with Gasteiger partial charge in [-0.2, -0.15) is 0 Å². The van der Waals surface area contributed by atoms with Gasteiger partial charge in [0.25, 0.3) is 0 Å². The summed E-state index contributed by atoms with van der Waals surface area (Å²) in [6.45, 7) is 3.46. The Bertz CT molecular complexity index is 300. The first-order valence-corrected chi connectivity index (χ1v) is 5.39. The van der Waals surface area contributed by atoms with Gasteiger partial charge in [0, 0.05) is 13.2 Å². The van der Waals surface area contributed by atoms with Gasteiger partial charge in [0.2, 0.25) is 0 Å². The second kappa shape index (κ2) is 6.24. The van der Waals surface area contributed by atoms with E-state index < -0.39 is 18.1 Å². The molecule has 0 saturated heterocycles. The molecule has 6 nitrogen and oxygen atoms in total. The van der Waals surface area contributed by atoms with Crippen molar-refractivity contribution in [2.45, 2.75) is 24.9 Å². The molecule has 1 saturated carbocycles. The predicted octanol–water partition coefficient (Wildman–Crippen LogP) is 0.873. The first-order chi connectivity index (χ1) is 8.11. The number of carboxylic acids is 1. The molecule has 17 heavy (non-hydrogen) atoms. The number of amides is 1.